The molecule has 0 saturated carbocycles. The summed E-state index contributed by atoms with van der Waals surface area (Å²) in [4.78, 5) is 15.6. The fourth-order valence-electron chi connectivity index (χ4n) is 2.58. The first-order valence-electron chi connectivity index (χ1n) is 8.41. The maximum atomic E-state index is 12.7. The van der Waals surface area contributed by atoms with Gasteiger partial charge in [0.25, 0.3) is 5.91 Å². The summed E-state index contributed by atoms with van der Waals surface area (Å²) in [6.07, 6.45) is -9.07. The summed E-state index contributed by atoms with van der Waals surface area (Å²) in [5, 5.41) is 6.21. The molecule has 158 valence electrons. The highest BCUT2D eigenvalue weighted by atomic mass is 19.4. The van der Waals surface area contributed by atoms with Gasteiger partial charge in [-0.25, -0.2) is 4.98 Å². The van der Waals surface area contributed by atoms with Crippen molar-refractivity contribution in [3.05, 3.63) is 70.7 Å². The number of nitrogens with one attached hydrogen (secondary N) is 1. The third kappa shape index (κ3) is 4.78. The predicted molar refractivity (Wildman–Crippen MR) is 92.1 cm³/mol. The van der Waals surface area contributed by atoms with E-state index in [1.54, 1.807) is 0 Å². The molecule has 0 saturated heterocycles. The number of aromatic nitrogens is 2. The molecule has 2 heterocycles. The van der Waals surface area contributed by atoms with E-state index in [0.717, 1.165) is 18.2 Å². The van der Waals surface area contributed by atoms with E-state index in [2.05, 4.69) is 15.5 Å². The van der Waals surface area contributed by atoms with Crippen LogP contribution in [0.1, 0.15) is 33.1 Å². The van der Waals surface area contributed by atoms with Crippen LogP contribution in [0.5, 0.6) is 0 Å². The number of carbonyl (C=O) groups excluding carboxylic acids is 1. The van der Waals surface area contributed by atoms with E-state index in [4.69, 9.17) is 4.52 Å². The van der Waals surface area contributed by atoms with Crippen molar-refractivity contribution in [3.8, 4) is 11.3 Å². The minimum absolute atomic E-state index is 0.0366. The number of carbonyl (C=O) groups is 1. The Morgan fingerprint density at radius 1 is 1.00 bits per heavy atom. The Hall–Kier alpha value is -3.37. The third-order valence-electron chi connectivity index (χ3n) is 4.11. The summed E-state index contributed by atoms with van der Waals surface area (Å²) in [6, 6.07) is 7.45. The van der Waals surface area contributed by atoms with Gasteiger partial charge in [0.1, 0.15) is 11.4 Å². The second kappa shape index (κ2) is 7.81. The fourth-order valence-corrected chi connectivity index (χ4v) is 2.58. The number of halogens is 6. The van der Waals surface area contributed by atoms with Crippen molar-refractivity contribution in [2.24, 2.45) is 0 Å². The van der Waals surface area contributed by atoms with Gasteiger partial charge in [0.05, 0.1) is 23.4 Å². The lowest BCUT2D eigenvalue weighted by Crippen LogP contribution is -2.24. The first-order valence-corrected chi connectivity index (χ1v) is 8.41. The third-order valence-corrected chi connectivity index (χ3v) is 4.11. The highest BCUT2D eigenvalue weighted by Gasteiger charge is 2.33. The molecule has 11 heteroatoms. The molecule has 0 bridgehead atoms. The lowest BCUT2D eigenvalue weighted by atomic mass is 10.1. The van der Waals surface area contributed by atoms with Crippen molar-refractivity contribution in [2.45, 2.75) is 25.8 Å². The maximum absolute atomic E-state index is 12.7. The van der Waals surface area contributed by atoms with Crippen molar-refractivity contribution in [2.75, 3.05) is 0 Å². The van der Waals surface area contributed by atoms with E-state index < -0.39 is 29.5 Å². The maximum Gasteiger partial charge on any atom is 0.433 e. The van der Waals surface area contributed by atoms with E-state index in [-0.39, 0.29) is 29.3 Å². The zero-order valence-electron chi connectivity index (χ0n) is 15.2. The monoisotopic (exact) mass is 429 g/mol. The fraction of sp³-hybridized carbons (Fsp3) is 0.211. The number of pyridine rings is 1. The molecule has 1 aromatic carbocycles. The quantitative estimate of drug-likeness (QED) is 0.592. The zero-order chi connectivity index (χ0) is 22.1. The first kappa shape index (κ1) is 21.3. The average molecular weight is 429 g/mol. The molecule has 3 rings (SSSR count). The Morgan fingerprint density at radius 3 is 2.23 bits per heavy atom. The molecule has 2 aromatic heterocycles. The second-order valence-electron chi connectivity index (χ2n) is 6.26. The van der Waals surface area contributed by atoms with Gasteiger partial charge in [-0.15, -0.1) is 0 Å². The number of alkyl halides is 6. The average Bonchev–Trinajstić information content (AvgIpc) is 3.14. The molecule has 1 N–H and O–H groups in total. The van der Waals surface area contributed by atoms with Crippen LogP contribution in [0.25, 0.3) is 11.3 Å². The van der Waals surface area contributed by atoms with E-state index in [0.29, 0.717) is 11.6 Å². The molecule has 0 radical (unpaired) electrons. The van der Waals surface area contributed by atoms with E-state index in [1.807, 2.05) is 0 Å². The first-order chi connectivity index (χ1) is 13.9. The highest BCUT2D eigenvalue weighted by Crippen LogP contribution is 2.31. The molecule has 30 heavy (non-hydrogen) atoms. The van der Waals surface area contributed by atoms with Crippen molar-refractivity contribution in [1.29, 1.82) is 0 Å². The lowest BCUT2D eigenvalue weighted by molar-refractivity contribution is -0.141. The number of hydrogen-bond acceptors (Lipinski definition) is 4. The van der Waals surface area contributed by atoms with Gasteiger partial charge in [-0.1, -0.05) is 17.3 Å². The van der Waals surface area contributed by atoms with Gasteiger partial charge in [0.2, 0.25) is 0 Å². The van der Waals surface area contributed by atoms with Gasteiger partial charge in [0, 0.05) is 11.6 Å². The molecule has 5 nitrogen and oxygen atoms in total. The summed E-state index contributed by atoms with van der Waals surface area (Å²) >= 11 is 0. The molecule has 0 unspecified atom stereocenters. The number of hydrogen-bond donors (Lipinski definition) is 1. The number of amides is 1. The number of nitrogens with zero attached hydrogens (tertiary/aromatic N) is 2. The Bertz CT molecular complexity index is 1060. The van der Waals surface area contributed by atoms with E-state index in [1.165, 1.54) is 25.1 Å². The van der Waals surface area contributed by atoms with Gasteiger partial charge in [-0.3, -0.25) is 4.79 Å². The van der Waals surface area contributed by atoms with Crippen LogP contribution in [-0.2, 0) is 18.9 Å². The van der Waals surface area contributed by atoms with Crippen LogP contribution in [0.4, 0.5) is 26.3 Å². The Labute approximate surface area is 165 Å². The summed E-state index contributed by atoms with van der Waals surface area (Å²) in [5.41, 5.74) is -1.39. The lowest BCUT2D eigenvalue weighted by Gasteiger charge is -2.09. The summed E-state index contributed by atoms with van der Waals surface area (Å²) in [7, 11) is 0. The smallest absolute Gasteiger partial charge is 0.359 e. The Morgan fingerprint density at radius 2 is 1.67 bits per heavy atom. The number of benzene rings is 1. The largest absolute Gasteiger partial charge is 0.433 e. The number of aryl methyl sites for hydroxylation is 1. The molecule has 1 amide bonds. The minimum atomic E-state index is -4.62. The van der Waals surface area contributed by atoms with Crippen LogP contribution in [0.2, 0.25) is 0 Å². The van der Waals surface area contributed by atoms with Crippen LogP contribution in [0, 0.1) is 6.92 Å². The molecule has 0 aliphatic carbocycles. The Kier molecular flexibility index (Phi) is 5.55. The number of rotatable bonds is 4. The second-order valence-corrected chi connectivity index (χ2v) is 6.26. The summed E-state index contributed by atoms with van der Waals surface area (Å²) in [5.74, 6) is -0.461. The van der Waals surface area contributed by atoms with Crippen molar-refractivity contribution < 1.29 is 35.7 Å². The van der Waals surface area contributed by atoms with Gasteiger partial charge in [0.15, 0.2) is 5.76 Å². The molecule has 0 aliphatic heterocycles. The molecular weight excluding hydrogens is 416 g/mol. The molecule has 0 spiro atoms. The zero-order valence-corrected chi connectivity index (χ0v) is 15.2. The standard InChI is InChI=1S/C19H13F6N3O2/c1-10-14(6-7-16(27-10)19(23,24)25)17(29)26-9-13-8-15(28-30-13)11-2-4-12(5-3-11)18(20,21)22/h2-8H,9H2,1H3,(H,26,29). The SMILES string of the molecule is Cc1nc(C(F)(F)F)ccc1C(=O)NCc1cc(-c2ccc(C(F)(F)F)cc2)no1. The summed E-state index contributed by atoms with van der Waals surface area (Å²) < 4.78 is 80.9. The molecule has 3 aromatic rings. The van der Waals surface area contributed by atoms with Gasteiger partial charge >= 0.3 is 12.4 Å². The Balaban J connectivity index is 1.66. The van der Waals surface area contributed by atoms with Crippen LogP contribution in [-0.4, -0.2) is 16.0 Å². The minimum Gasteiger partial charge on any atom is -0.359 e. The van der Waals surface area contributed by atoms with E-state index >= 15 is 0 Å². The van der Waals surface area contributed by atoms with Crippen LogP contribution >= 0.6 is 0 Å². The predicted octanol–water partition coefficient (Wildman–Crippen LogP) is 5.01. The van der Waals surface area contributed by atoms with Gasteiger partial charge in [-0.05, 0) is 31.2 Å². The molecule has 0 atom stereocenters. The van der Waals surface area contributed by atoms with Crippen molar-refractivity contribution in [1.82, 2.24) is 15.5 Å². The highest BCUT2D eigenvalue weighted by molar-refractivity contribution is 5.95. The van der Waals surface area contributed by atoms with Gasteiger partial charge < -0.3 is 9.84 Å². The molecular formula is C19H13F6N3O2. The van der Waals surface area contributed by atoms with Gasteiger partial charge in [-0.2, -0.15) is 26.3 Å². The van der Waals surface area contributed by atoms with Crippen molar-refractivity contribution in [3.63, 3.8) is 0 Å². The molecule has 0 aliphatic rings. The van der Waals surface area contributed by atoms with Crippen LogP contribution in [0.3, 0.4) is 0 Å². The molecule has 0 fully saturated rings. The van der Waals surface area contributed by atoms with Crippen molar-refractivity contribution >= 4 is 5.91 Å². The topological polar surface area (TPSA) is 68.0 Å². The van der Waals surface area contributed by atoms with E-state index in [9.17, 15) is 31.1 Å². The van der Waals surface area contributed by atoms with Crippen LogP contribution < -0.4 is 5.32 Å². The summed E-state index contributed by atoms with van der Waals surface area (Å²) in [6.45, 7) is 1.15. The normalized spacial score (nSPS) is 12.1. The van der Waals surface area contributed by atoms with Crippen LogP contribution in [0.15, 0.2) is 47.0 Å².